The second-order valence-electron chi connectivity index (χ2n) is 5.68. The summed E-state index contributed by atoms with van der Waals surface area (Å²) in [5.74, 6) is 0.504. The lowest BCUT2D eigenvalue weighted by Gasteiger charge is -2.20. The molecule has 0 bridgehead atoms. The van der Waals surface area contributed by atoms with Gasteiger partial charge in [0.25, 0.3) is 0 Å². The number of H-pyrrole nitrogens is 1. The summed E-state index contributed by atoms with van der Waals surface area (Å²) in [5.41, 5.74) is 2.78. The fourth-order valence-corrected chi connectivity index (χ4v) is 3.92. The molecule has 2 N–H and O–H groups in total. The number of nitrogens with zero attached hydrogens (tertiary/aromatic N) is 1. The molecular weight excluding hydrogens is 294 g/mol. The summed E-state index contributed by atoms with van der Waals surface area (Å²) in [6, 6.07) is 7.87. The van der Waals surface area contributed by atoms with Gasteiger partial charge in [0.05, 0.1) is 11.3 Å². The minimum atomic E-state index is 0.0163. The van der Waals surface area contributed by atoms with Gasteiger partial charge in [-0.1, -0.05) is 18.2 Å². The van der Waals surface area contributed by atoms with Crippen LogP contribution < -0.4 is 5.32 Å². The predicted molar refractivity (Wildman–Crippen MR) is 88.7 cm³/mol. The Morgan fingerprint density at radius 1 is 1.23 bits per heavy atom. The van der Waals surface area contributed by atoms with E-state index in [0.717, 1.165) is 42.5 Å². The van der Waals surface area contributed by atoms with Gasteiger partial charge in [-0.25, -0.2) is 4.98 Å². The Bertz CT molecular complexity index is 814. The number of aromatic amines is 1. The largest absolute Gasteiger partial charge is 0.360 e. The van der Waals surface area contributed by atoms with Crippen molar-refractivity contribution in [1.82, 2.24) is 15.3 Å². The number of rotatable bonds is 3. The van der Waals surface area contributed by atoms with E-state index in [1.165, 1.54) is 11.3 Å². The molecule has 0 atom stereocenters. The minimum Gasteiger partial charge on any atom is -0.360 e. The second-order valence-corrected chi connectivity index (χ2v) is 6.54. The maximum absolute atomic E-state index is 12.7. The lowest BCUT2D eigenvalue weighted by atomic mass is 9.95. The molecule has 0 radical (unpaired) electrons. The molecule has 4 rings (SSSR count). The number of aromatic nitrogens is 2. The minimum absolute atomic E-state index is 0.0163. The number of nitrogens with one attached hydrogen (secondary N) is 2. The average molecular weight is 311 g/mol. The molecule has 1 saturated heterocycles. The quantitative estimate of drug-likeness (QED) is 0.730. The number of piperidine rings is 1. The molecule has 0 saturated carbocycles. The molecule has 4 nitrogen and oxygen atoms in total. The van der Waals surface area contributed by atoms with Gasteiger partial charge >= 0.3 is 0 Å². The zero-order chi connectivity index (χ0) is 14.9. The van der Waals surface area contributed by atoms with Crippen molar-refractivity contribution in [2.75, 3.05) is 13.1 Å². The molecule has 1 aromatic carbocycles. The Balaban J connectivity index is 1.64. The number of hydrogen-bond donors (Lipinski definition) is 2. The average Bonchev–Trinajstić information content (AvgIpc) is 3.22. The van der Waals surface area contributed by atoms with E-state index in [1.54, 1.807) is 6.20 Å². The van der Waals surface area contributed by atoms with Crippen molar-refractivity contribution in [1.29, 1.82) is 0 Å². The number of carbonyl (C=O) groups excluding carboxylic acids is 1. The van der Waals surface area contributed by atoms with Crippen LogP contribution in [0.25, 0.3) is 10.9 Å². The highest BCUT2D eigenvalue weighted by atomic mass is 32.1. The highest BCUT2D eigenvalue weighted by molar-refractivity contribution is 7.12. The monoisotopic (exact) mass is 311 g/mol. The Morgan fingerprint density at radius 3 is 2.91 bits per heavy atom. The van der Waals surface area contributed by atoms with E-state index in [0.29, 0.717) is 16.5 Å². The molecule has 22 heavy (non-hydrogen) atoms. The van der Waals surface area contributed by atoms with Crippen molar-refractivity contribution in [2.24, 2.45) is 0 Å². The standard InChI is InChI=1S/C17H17N3OS/c21-16(13-9-19-14-4-2-1-3-12(13)14)17-20-15(10-22-17)11-5-7-18-8-6-11/h1-4,9-11,18-19H,5-8H2. The van der Waals surface area contributed by atoms with E-state index in [2.05, 4.69) is 20.7 Å². The van der Waals surface area contributed by atoms with E-state index in [9.17, 15) is 4.79 Å². The molecule has 5 heteroatoms. The Hall–Kier alpha value is -1.98. The van der Waals surface area contributed by atoms with Crippen molar-refractivity contribution in [2.45, 2.75) is 18.8 Å². The van der Waals surface area contributed by atoms with Crippen molar-refractivity contribution in [3.8, 4) is 0 Å². The van der Waals surface area contributed by atoms with E-state index in [-0.39, 0.29) is 5.78 Å². The van der Waals surface area contributed by atoms with Gasteiger partial charge in [-0.2, -0.15) is 0 Å². The first-order chi connectivity index (χ1) is 10.8. The molecule has 2 aromatic heterocycles. The molecule has 3 aromatic rings. The van der Waals surface area contributed by atoms with Crippen LogP contribution in [0.4, 0.5) is 0 Å². The summed E-state index contributed by atoms with van der Waals surface area (Å²) in [6.45, 7) is 2.07. The first kappa shape index (κ1) is 13.7. The van der Waals surface area contributed by atoms with Gasteiger partial charge in [0.1, 0.15) is 0 Å². The molecule has 0 aliphatic carbocycles. The van der Waals surface area contributed by atoms with Crippen LogP contribution in [0.3, 0.4) is 0 Å². The summed E-state index contributed by atoms with van der Waals surface area (Å²) < 4.78 is 0. The number of thiazole rings is 1. The molecule has 3 heterocycles. The maximum Gasteiger partial charge on any atom is 0.223 e. The van der Waals surface area contributed by atoms with Crippen molar-refractivity contribution in [3.05, 3.63) is 52.1 Å². The number of carbonyl (C=O) groups is 1. The van der Waals surface area contributed by atoms with E-state index in [1.807, 2.05) is 24.3 Å². The normalized spacial score (nSPS) is 16.2. The molecular formula is C17H17N3OS. The van der Waals surface area contributed by atoms with Gasteiger partial charge in [-0.3, -0.25) is 4.79 Å². The van der Waals surface area contributed by atoms with Gasteiger partial charge in [0.15, 0.2) is 5.01 Å². The lowest BCUT2D eigenvalue weighted by molar-refractivity contribution is 0.103. The Labute approximate surface area is 132 Å². The lowest BCUT2D eigenvalue weighted by Crippen LogP contribution is -2.26. The third-order valence-corrected chi connectivity index (χ3v) is 5.17. The van der Waals surface area contributed by atoms with Crippen molar-refractivity contribution >= 4 is 28.0 Å². The van der Waals surface area contributed by atoms with E-state index < -0.39 is 0 Å². The van der Waals surface area contributed by atoms with Gasteiger partial charge in [0, 0.05) is 28.4 Å². The fraction of sp³-hybridized carbons (Fsp3) is 0.294. The SMILES string of the molecule is O=C(c1nc(C2CCNCC2)cs1)c1c[nH]c2ccccc12. The van der Waals surface area contributed by atoms with Crippen LogP contribution in [0, 0.1) is 0 Å². The third-order valence-electron chi connectivity index (χ3n) is 4.31. The molecule has 1 aliphatic rings. The number of benzene rings is 1. The molecule has 1 fully saturated rings. The summed E-state index contributed by atoms with van der Waals surface area (Å²) in [5, 5.41) is 6.97. The van der Waals surface area contributed by atoms with Crippen LogP contribution in [0.1, 0.15) is 39.8 Å². The van der Waals surface area contributed by atoms with Gasteiger partial charge in [-0.05, 0) is 32.0 Å². The molecule has 112 valence electrons. The first-order valence-corrected chi connectivity index (χ1v) is 8.48. The maximum atomic E-state index is 12.7. The van der Waals surface area contributed by atoms with Crippen LogP contribution in [-0.4, -0.2) is 28.8 Å². The first-order valence-electron chi connectivity index (χ1n) is 7.60. The highest BCUT2D eigenvalue weighted by Crippen LogP contribution is 2.28. The summed E-state index contributed by atoms with van der Waals surface area (Å²) in [4.78, 5) is 20.5. The number of fused-ring (bicyclic) bond motifs is 1. The number of para-hydroxylation sites is 1. The van der Waals surface area contributed by atoms with E-state index in [4.69, 9.17) is 0 Å². The highest BCUT2D eigenvalue weighted by Gasteiger charge is 2.22. The Morgan fingerprint density at radius 2 is 2.05 bits per heavy atom. The van der Waals surface area contributed by atoms with Crippen LogP contribution in [0.15, 0.2) is 35.8 Å². The van der Waals surface area contributed by atoms with Gasteiger partial charge in [-0.15, -0.1) is 11.3 Å². The second kappa shape index (κ2) is 5.66. The topological polar surface area (TPSA) is 57.8 Å². The smallest absolute Gasteiger partial charge is 0.223 e. The zero-order valence-corrected chi connectivity index (χ0v) is 13.0. The molecule has 0 unspecified atom stereocenters. The van der Waals surface area contributed by atoms with Gasteiger partial charge in [0.2, 0.25) is 5.78 Å². The summed E-state index contributed by atoms with van der Waals surface area (Å²) >= 11 is 1.46. The van der Waals surface area contributed by atoms with Crippen LogP contribution in [-0.2, 0) is 0 Å². The molecule has 1 aliphatic heterocycles. The zero-order valence-electron chi connectivity index (χ0n) is 12.1. The van der Waals surface area contributed by atoms with Crippen LogP contribution in [0.5, 0.6) is 0 Å². The number of ketones is 1. The summed E-state index contributed by atoms with van der Waals surface area (Å²) in [6.07, 6.45) is 3.99. The molecule has 0 spiro atoms. The molecule has 0 amide bonds. The van der Waals surface area contributed by atoms with Crippen LogP contribution >= 0.6 is 11.3 Å². The van der Waals surface area contributed by atoms with E-state index >= 15 is 0 Å². The number of hydrogen-bond acceptors (Lipinski definition) is 4. The van der Waals surface area contributed by atoms with Crippen LogP contribution in [0.2, 0.25) is 0 Å². The van der Waals surface area contributed by atoms with Crippen molar-refractivity contribution in [3.63, 3.8) is 0 Å². The third kappa shape index (κ3) is 2.36. The Kier molecular flexibility index (Phi) is 3.52. The fourth-order valence-electron chi connectivity index (χ4n) is 3.07. The summed E-state index contributed by atoms with van der Waals surface area (Å²) in [7, 11) is 0. The predicted octanol–water partition coefficient (Wildman–Crippen LogP) is 3.32. The van der Waals surface area contributed by atoms with Crippen molar-refractivity contribution < 1.29 is 4.79 Å². The van der Waals surface area contributed by atoms with Gasteiger partial charge < -0.3 is 10.3 Å².